The number of nitriles is 1. The van der Waals surface area contributed by atoms with Gasteiger partial charge in [0.15, 0.2) is 5.82 Å². The van der Waals surface area contributed by atoms with Crippen molar-refractivity contribution in [3.05, 3.63) is 54.2 Å². The van der Waals surface area contributed by atoms with Gasteiger partial charge in [0.1, 0.15) is 17.6 Å². The maximum atomic E-state index is 9.18. The first-order chi connectivity index (χ1) is 12.7. The van der Waals surface area contributed by atoms with Crippen LogP contribution < -0.4 is 20.1 Å². The first-order valence-electron chi connectivity index (χ1n) is 7.68. The van der Waals surface area contributed by atoms with Crippen LogP contribution >= 0.6 is 0 Å². The zero-order valence-electron chi connectivity index (χ0n) is 14.2. The third kappa shape index (κ3) is 3.79. The molecule has 0 saturated carbocycles. The number of ether oxygens (including phenoxy) is 2. The first kappa shape index (κ1) is 17.0. The molecule has 8 heteroatoms. The Hall–Kier alpha value is -3.86. The minimum atomic E-state index is 0.274. The van der Waals surface area contributed by atoms with Gasteiger partial charge in [0.25, 0.3) is 0 Å². The van der Waals surface area contributed by atoms with Crippen molar-refractivity contribution >= 4 is 23.1 Å². The Morgan fingerprint density at radius 3 is 2.62 bits per heavy atom. The lowest BCUT2D eigenvalue weighted by Crippen LogP contribution is -2.04. The molecule has 130 valence electrons. The molecule has 0 aliphatic rings. The van der Waals surface area contributed by atoms with E-state index in [0.29, 0.717) is 34.3 Å². The molecule has 0 aliphatic heterocycles. The van der Waals surface area contributed by atoms with E-state index in [-0.39, 0.29) is 5.95 Å². The van der Waals surface area contributed by atoms with Crippen molar-refractivity contribution < 1.29 is 9.47 Å². The molecule has 0 unspecified atom stereocenters. The van der Waals surface area contributed by atoms with Crippen LogP contribution in [-0.2, 0) is 0 Å². The average molecular weight is 348 g/mol. The van der Waals surface area contributed by atoms with Crippen LogP contribution in [0.1, 0.15) is 5.56 Å². The molecular formula is C18H16N6O2. The molecule has 3 rings (SSSR count). The van der Waals surface area contributed by atoms with E-state index in [2.05, 4.69) is 31.9 Å². The van der Waals surface area contributed by atoms with Crippen LogP contribution in [0.15, 0.2) is 48.7 Å². The minimum absolute atomic E-state index is 0.274. The number of aromatic nitrogens is 3. The maximum absolute atomic E-state index is 9.18. The molecule has 0 amide bonds. The zero-order chi connectivity index (χ0) is 18.4. The van der Waals surface area contributed by atoms with Crippen molar-refractivity contribution in [2.75, 3.05) is 24.9 Å². The normalized spacial score (nSPS) is 9.88. The summed E-state index contributed by atoms with van der Waals surface area (Å²) in [5.41, 5.74) is 1.79. The molecule has 1 heterocycles. The number of nitrogens with zero attached hydrogens (tertiary/aromatic N) is 4. The Bertz CT molecular complexity index is 954. The zero-order valence-corrected chi connectivity index (χ0v) is 14.2. The third-order valence-corrected chi connectivity index (χ3v) is 3.52. The van der Waals surface area contributed by atoms with Gasteiger partial charge in [0.05, 0.1) is 37.4 Å². The third-order valence-electron chi connectivity index (χ3n) is 3.52. The smallest absolute Gasteiger partial charge is 0.249 e. The second-order valence-corrected chi connectivity index (χ2v) is 5.14. The molecule has 26 heavy (non-hydrogen) atoms. The second kappa shape index (κ2) is 7.81. The van der Waals surface area contributed by atoms with Crippen LogP contribution in [0.4, 0.5) is 23.1 Å². The van der Waals surface area contributed by atoms with Crippen molar-refractivity contribution in [2.24, 2.45) is 0 Å². The SMILES string of the molecule is COc1ccc(OC)c(Nc2nncc(Nc3ccccc3C#N)n2)c1. The Morgan fingerprint density at radius 1 is 1.00 bits per heavy atom. The largest absolute Gasteiger partial charge is 0.497 e. The molecule has 0 spiro atoms. The standard InChI is InChI=1S/C18H16N6O2/c1-25-13-7-8-16(26-2)15(9-13)22-18-23-17(11-20-24-18)21-14-6-4-3-5-12(14)10-19/h3-9,11H,1-2H3,(H2,21,22,23,24). The maximum Gasteiger partial charge on any atom is 0.249 e. The number of rotatable bonds is 6. The van der Waals surface area contributed by atoms with Crippen LogP contribution in [0.2, 0.25) is 0 Å². The fraction of sp³-hybridized carbons (Fsp3) is 0.111. The summed E-state index contributed by atoms with van der Waals surface area (Å²) < 4.78 is 10.6. The molecule has 3 aromatic rings. The van der Waals surface area contributed by atoms with Crippen LogP contribution in [-0.4, -0.2) is 29.4 Å². The van der Waals surface area contributed by atoms with Gasteiger partial charge in [-0.2, -0.15) is 15.3 Å². The summed E-state index contributed by atoms with van der Waals surface area (Å²) >= 11 is 0. The highest BCUT2D eigenvalue weighted by molar-refractivity contribution is 5.67. The fourth-order valence-electron chi connectivity index (χ4n) is 2.28. The van der Waals surface area contributed by atoms with E-state index in [9.17, 15) is 5.26 Å². The van der Waals surface area contributed by atoms with Gasteiger partial charge in [-0.25, -0.2) is 0 Å². The van der Waals surface area contributed by atoms with Crippen molar-refractivity contribution in [3.63, 3.8) is 0 Å². The first-order valence-corrected chi connectivity index (χ1v) is 7.68. The number of methoxy groups -OCH3 is 2. The van der Waals surface area contributed by atoms with Gasteiger partial charge < -0.3 is 20.1 Å². The lowest BCUT2D eigenvalue weighted by Gasteiger charge is -2.12. The van der Waals surface area contributed by atoms with Gasteiger partial charge in [-0.05, 0) is 24.3 Å². The molecule has 0 atom stereocenters. The molecular weight excluding hydrogens is 332 g/mol. The van der Waals surface area contributed by atoms with Crippen LogP contribution in [0, 0.1) is 11.3 Å². The summed E-state index contributed by atoms with van der Waals surface area (Å²) in [4.78, 5) is 4.37. The Morgan fingerprint density at radius 2 is 1.85 bits per heavy atom. The number of para-hydroxylation sites is 1. The summed E-state index contributed by atoms with van der Waals surface area (Å²) in [7, 11) is 3.16. The number of hydrogen-bond acceptors (Lipinski definition) is 8. The molecule has 2 N–H and O–H groups in total. The summed E-state index contributed by atoms with van der Waals surface area (Å²) in [6.45, 7) is 0. The van der Waals surface area contributed by atoms with Gasteiger partial charge in [-0.3, -0.25) is 0 Å². The second-order valence-electron chi connectivity index (χ2n) is 5.14. The summed E-state index contributed by atoms with van der Waals surface area (Å²) in [5.74, 6) is 2.00. The molecule has 0 bridgehead atoms. The topological polar surface area (TPSA) is 105 Å². The van der Waals surface area contributed by atoms with Gasteiger partial charge in [0, 0.05) is 6.07 Å². The molecule has 8 nitrogen and oxygen atoms in total. The fourth-order valence-corrected chi connectivity index (χ4v) is 2.28. The van der Waals surface area contributed by atoms with E-state index >= 15 is 0 Å². The molecule has 0 aliphatic carbocycles. The van der Waals surface area contributed by atoms with E-state index in [1.807, 2.05) is 6.07 Å². The minimum Gasteiger partial charge on any atom is -0.497 e. The predicted octanol–water partition coefficient (Wildman–Crippen LogP) is 3.25. The highest BCUT2D eigenvalue weighted by atomic mass is 16.5. The van der Waals surface area contributed by atoms with E-state index in [0.717, 1.165) is 0 Å². The molecule has 0 fully saturated rings. The lowest BCUT2D eigenvalue weighted by atomic mass is 10.2. The summed E-state index contributed by atoms with van der Waals surface area (Å²) in [5, 5.41) is 23.2. The predicted molar refractivity (Wildman–Crippen MR) is 97.1 cm³/mol. The monoisotopic (exact) mass is 348 g/mol. The van der Waals surface area contributed by atoms with Gasteiger partial charge in [-0.15, -0.1) is 5.10 Å². The number of benzene rings is 2. The Balaban J connectivity index is 1.85. The van der Waals surface area contributed by atoms with Crippen molar-refractivity contribution in [1.82, 2.24) is 15.2 Å². The summed E-state index contributed by atoms with van der Waals surface area (Å²) in [6.07, 6.45) is 1.47. The number of hydrogen-bond donors (Lipinski definition) is 2. The van der Waals surface area contributed by atoms with Crippen molar-refractivity contribution in [2.45, 2.75) is 0 Å². The van der Waals surface area contributed by atoms with Gasteiger partial charge >= 0.3 is 0 Å². The molecule has 0 saturated heterocycles. The van der Waals surface area contributed by atoms with E-state index in [1.54, 1.807) is 50.6 Å². The number of anilines is 4. The highest BCUT2D eigenvalue weighted by Gasteiger charge is 2.09. The van der Waals surface area contributed by atoms with Crippen LogP contribution in [0.3, 0.4) is 0 Å². The molecule has 1 aromatic heterocycles. The lowest BCUT2D eigenvalue weighted by molar-refractivity contribution is 0.405. The quantitative estimate of drug-likeness (QED) is 0.699. The average Bonchev–Trinajstić information content (AvgIpc) is 2.68. The van der Waals surface area contributed by atoms with E-state index < -0.39 is 0 Å². The summed E-state index contributed by atoms with van der Waals surface area (Å²) in [6, 6.07) is 14.6. The highest BCUT2D eigenvalue weighted by Crippen LogP contribution is 2.30. The van der Waals surface area contributed by atoms with Gasteiger partial charge in [-0.1, -0.05) is 12.1 Å². The van der Waals surface area contributed by atoms with Crippen molar-refractivity contribution in [3.8, 4) is 17.6 Å². The van der Waals surface area contributed by atoms with E-state index in [4.69, 9.17) is 9.47 Å². The Kier molecular flexibility index (Phi) is 5.10. The molecule has 0 radical (unpaired) electrons. The Labute approximate surface area is 150 Å². The molecule has 2 aromatic carbocycles. The van der Waals surface area contributed by atoms with E-state index in [1.165, 1.54) is 6.20 Å². The van der Waals surface area contributed by atoms with Crippen molar-refractivity contribution in [1.29, 1.82) is 5.26 Å². The van der Waals surface area contributed by atoms with Crippen LogP contribution in [0.5, 0.6) is 11.5 Å². The van der Waals surface area contributed by atoms with Gasteiger partial charge in [0.2, 0.25) is 5.95 Å². The van der Waals surface area contributed by atoms with Crippen LogP contribution in [0.25, 0.3) is 0 Å². The number of nitrogens with one attached hydrogen (secondary N) is 2.